The highest BCUT2D eigenvalue weighted by Crippen LogP contribution is 2.66. The van der Waals surface area contributed by atoms with E-state index in [4.69, 9.17) is 0 Å². The minimum absolute atomic E-state index is 0.0629. The number of hydrogen-bond donors (Lipinski definition) is 0. The highest BCUT2D eigenvalue weighted by atomic mass is 14.6. The Bertz CT molecular complexity index is 7800. The van der Waals surface area contributed by atoms with Crippen molar-refractivity contribution in [1.82, 2.24) is 0 Å². The molecule has 0 heterocycles. The number of aryl methyl sites for hydroxylation is 1. The number of fused-ring (bicyclic) bond motifs is 31. The van der Waals surface area contributed by atoms with Crippen molar-refractivity contribution in [1.29, 1.82) is 0 Å². The van der Waals surface area contributed by atoms with Gasteiger partial charge in [0.1, 0.15) is 0 Å². The largest absolute Gasteiger partial charge is 0.0725 e. The van der Waals surface area contributed by atoms with Crippen LogP contribution in [-0.2, 0) is 46.3 Å². The summed E-state index contributed by atoms with van der Waals surface area (Å²) in [5.41, 5.74) is 57.2. The molecular weight excluding hydrogens is 1740 g/mol. The summed E-state index contributed by atoms with van der Waals surface area (Å²) in [6.07, 6.45) is 10.0. The van der Waals surface area contributed by atoms with Crippen molar-refractivity contribution >= 4 is 0 Å². The van der Waals surface area contributed by atoms with Gasteiger partial charge in [-0.3, -0.25) is 0 Å². The smallest absolute Gasteiger partial charge is 0.0622 e. The molecular formula is C145H132. The van der Waals surface area contributed by atoms with Crippen LogP contribution in [-0.4, -0.2) is 0 Å². The summed E-state index contributed by atoms with van der Waals surface area (Å²) in [5, 5.41) is 0. The Morgan fingerprint density at radius 2 is 0.414 bits per heavy atom. The molecule has 4 spiro atoms. The Hall–Kier alpha value is -14.8. The third-order valence-electron chi connectivity index (χ3n) is 34.3. The predicted molar refractivity (Wildman–Crippen MR) is 612 cm³/mol. The fraction of sp³-hybridized carbons (Fsp3) is 0.214. The molecule has 0 aliphatic heterocycles. The molecule has 19 aromatic carbocycles. The van der Waals surface area contributed by atoms with Crippen molar-refractivity contribution in [3.63, 3.8) is 0 Å². The van der Waals surface area contributed by atoms with E-state index in [0.717, 1.165) is 12.8 Å². The quantitative estimate of drug-likeness (QED) is 0.128. The average Bonchev–Trinajstić information content (AvgIpc) is 1.50. The van der Waals surface area contributed by atoms with E-state index >= 15 is 0 Å². The zero-order chi connectivity index (χ0) is 99.0. The van der Waals surface area contributed by atoms with Gasteiger partial charge in [0.2, 0.25) is 0 Å². The molecule has 19 aromatic rings. The summed E-state index contributed by atoms with van der Waals surface area (Å²) < 4.78 is 0. The standard InChI is InChI=1S/C28H22.C28H24.2C24H22.C21H20.C20H22/c1-18(2)19-15-16-23-22-11-5-8-14-26(22)28(27(23)17-19)24-12-6-3-9-20(24)21-10-4-7-13-25(21)28;1-20(2)21-17-18-25-24-15-9-10-16-26(24)28(27(25)19-21,22-11-5-3-6-12-22)23-13-7-4-8-14-23;1-16(2)18-11-12-20-19-8-4-6-10-22(19)24(23(20)15-18)14-13-17-7-3-5-9-21(17)24;1-16(2)17-11-12-21-20-9-5-6-10-22(20)24(23(21)13-17)14-18-7-3-4-8-19(18)15-24;1-16(2)17-8-10-20(11-9-17)21-14-12-19(13-15-21)18-6-4-3-5-7-18;1-14(2)15-9-10-17-16-7-3-4-8-18(16)20(19(17)13-15)11-5-6-12-20/h3-18H,1-2H3;3-20H,1-2H3;3-12,15-16H,13-14H2,1-2H3;3-13,16H,14-15H2,1-2H3;3-16H,1-2H3;3-4,7-10,13-14H,5-6,11-12H2,1-2H3. The van der Waals surface area contributed by atoms with Crippen molar-refractivity contribution < 1.29 is 0 Å². The lowest BCUT2D eigenvalue weighted by Gasteiger charge is -2.34. The molecule has 9 aliphatic rings. The summed E-state index contributed by atoms with van der Waals surface area (Å²) in [5.74, 6) is 3.34. The van der Waals surface area contributed by atoms with Crippen molar-refractivity contribution in [3.8, 4) is 89.0 Å². The van der Waals surface area contributed by atoms with Crippen LogP contribution >= 0.6 is 0 Å². The normalized spacial score (nSPS) is 15.7. The van der Waals surface area contributed by atoms with Gasteiger partial charge in [-0.2, -0.15) is 0 Å². The van der Waals surface area contributed by atoms with Crippen LogP contribution in [0.15, 0.2) is 449 Å². The molecule has 0 N–H and O–H groups in total. The zero-order valence-corrected chi connectivity index (χ0v) is 86.3. The zero-order valence-electron chi connectivity index (χ0n) is 86.3. The molecule has 0 amide bonds. The molecule has 1 fully saturated rings. The van der Waals surface area contributed by atoms with E-state index in [1.807, 2.05) is 6.07 Å². The molecule has 0 nitrogen and oxygen atoms in total. The van der Waals surface area contributed by atoms with Gasteiger partial charge in [0.25, 0.3) is 0 Å². The SMILES string of the molecule is CC(C)c1ccc(-c2ccc(-c3ccccc3)cc2)cc1.CC(C)c1ccc2c(c1)C(c1ccccc1)(c1ccccc1)c1ccccc1-2.CC(C)c1ccc2c(c1)C1(CCCC1)c1ccccc1-2.CC(C)c1ccc2c(c1)C1(CCc3ccccc31)c1ccccc1-2.CC(C)c1ccc2c(c1)C1(Cc3ccccc3C1)c1ccccc1-2.CC(C)c1ccc2c(c1)C1(c3ccccc3-c3ccccc31)c1ccccc1-2. The van der Waals surface area contributed by atoms with Gasteiger partial charge in [-0.15, -0.1) is 0 Å². The average molecular weight is 1870 g/mol. The topological polar surface area (TPSA) is 0 Å². The van der Waals surface area contributed by atoms with Crippen molar-refractivity contribution in [2.75, 3.05) is 0 Å². The fourth-order valence-electron chi connectivity index (χ4n) is 26.9. The minimum Gasteiger partial charge on any atom is -0.0622 e. The molecule has 712 valence electrons. The Labute approximate surface area is 862 Å². The monoisotopic (exact) mass is 1870 g/mol. The van der Waals surface area contributed by atoms with Crippen LogP contribution in [0.3, 0.4) is 0 Å². The van der Waals surface area contributed by atoms with Gasteiger partial charge >= 0.3 is 0 Å². The summed E-state index contributed by atoms with van der Waals surface area (Å²) in [7, 11) is 0. The van der Waals surface area contributed by atoms with Crippen LogP contribution in [0.4, 0.5) is 0 Å². The lowest BCUT2D eigenvalue weighted by Crippen LogP contribution is -2.28. The first kappa shape index (κ1) is 93.8. The molecule has 0 saturated heterocycles. The van der Waals surface area contributed by atoms with E-state index in [9.17, 15) is 0 Å². The summed E-state index contributed by atoms with van der Waals surface area (Å²) >= 11 is 0. The van der Waals surface area contributed by atoms with Crippen LogP contribution < -0.4 is 0 Å². The lowest BCUT2D eigenvalue weighted by atomic mass is 9.67. The van der Waals surface area contributed by atoms with E-state index in [1.54, 1.807) is 16.7 Å². The van der Waals surface area contributed by atoms with Crippen molar-refractivity contribution in [3.05, 3.63) is 582 Å². The number of hydrogen-bond acceptors (Lipinski definition) is 0. The molecule has 9 aliphatic carbocycles. The molecule has 1 atom stereocenters. The van der Waals surface area contributed by atoms with Crippen LogP contribution in [0, 0.1) is 0 Å². The first-order valence-corrected chi connectivity index (χ1v) is 53.7. The fourth-order valence-corrected chi connectivity index (χ4v) is 26.9. The Kier molecular flexibility index (Phi) is 24.8. The van der Waals surface area contributed by atoms with E-state index in [-0.39, 0.29) is 21.7 Å². The van der Waals surface area contributed by atoms with Gasteiger partial charge in [-0.25, -0.2) is 0 Å². The van der Waals surface area contributed by atoms with Crippen molar-refractivity contribution in [2.24, 2.45) is 0 Å². The Morgan fingerprint density at radius 1 is 0.166 bits per heavy atom. The second-order valence-corrected chi connectivity index (χ2v) is 44.1. The molecule has 145 heavy (non-hydrogen) atoms. The molecule has 1 unspecified atom stereocenters. The van der Waals surface area contributed by atoms with Crippen LogP contribution in [0.2, 0.25) is 0 Å². The highest BCUT2D eigenvalue weighted by molar-refractivity contribution is 5.96. The van der Waals surface area contributed by atoms with Gasteiger partial charge in [0.15, 0.2) is 0 Å². The second-order valence-electron chi connectivity index (χ2n) is 44.1. The van der Waals surface area contributed by atoms with E-state index in [1.165, 1.54) is 244 Å². The summed E-state index contributed by atoms with van der Waals surface area (Å²) in [4.78, 5) is 0. The van der Waals surface area contributed by atoms with Gasteiger partial charge in [-0.1, -0.05) is 545 Å². The Morgan fingerprint density at radius 3 is 0.807 bits per heavy atom. The van der Waals surface area contributed by atoms with Gasteiger partial charge in [0, 0.05) is 16.2 Å². The molecule has 1 saturated carbocycles. The maximum absolute atomic E-state index is 2.51. The summed E-state index contributed by atoms with van der Waals surface area (Å²) in [6, 6.07) is 167. The van der Waals surface area contributed by atoms with E-state index in [2.05, 4.69) is 526 Å². The molecule has 0 aromatic heterocycles. The first-order chi connectivity index (χ1) is 70.8. The van der Waals surface area contributed by atoms with E-state index in [0.29, 0.717) is 40.9 Å². The van der Waals surface area contributed by atoms with Crippen LogP contribution in [0.25, 0.3) is 89.0 Å². The third-order valence-corrected chi connectivity index (χ3v) is 34.3. The lowest BCUT2D eigenvalue weighted by molar-refractivity contribution is 0.549. The molecule has 28 rings (SSSR count). The van der Waals surface area contributed by atoms with Crippen molar-refractivity contribution in [2.45, 2.75) is 197 Å². The van der Waals surface area contributed by atoms with E-state index < -0.39 is 0 Å². The number of rotatable bonds is 10. The van der Waals surface area contributed by atoms with Gasteiger partial charge < -0.3 is 0 Å². The maximum Gasteiger partial charge on any atom is 0.0725 e. The van der Waals surface area contributed by atoms with Crippen LogP contribution in [0.5, 0.6) is 0 Å². The second kappa shape index (κ2) is 38.4. The minimum atomic E-state index is -0.278. The summed E-state index contributed by atoms with van der Waals surface area (Å²) in [6.45, 7) is 27.3. The predicted octanol–water partition coefficient (Wildman–Crippen LogP) is 38.1. The van der Waals surface area contributed by atoms with Crippen LogP contribution in [0.1, 0.15) is 284 Å². The highest BCUT2D eigenvalue weighted by Gasteiger charge is 2.54. The third kappa shape index (κ3) is 15.8. The Balaban J connectivity index is 0.0000000966. The maximum atomic E-state index is 2.51. The molecule has 0 radical (unpaired) electrons. The van der Waals surface area contributed by atoms with Gasteiger partial charge in [0.05, 0.1) is 10.8 Å². The number of benzene rings is 19. The molecule has 0 heteroatoms. The first-order valence-electron chi connectivity index (χ1n) is 53.7. The molecule has 0 bridgehead atoms. The van der Waals surface area contributed by atoms with Gasteiger partial charge in [-0.05, 0) is 297 Å².